The highest BCUT2D eigenvalue weighted by Gasteiger charge is 2.52. The maximum Gasteiger partial charge on any atom is 0.314 e. The zero-order valence-electron chi connectivity index (χ0n) is 18.9. The number of ether oxygens (including phenoxy) is 6. The van der Waals surface area contributed by atoms with Crippen LogP contribution in [0.4, 0.5) is 0 Å². The number of hydrogen-bond donors (Lipinski definition) is 0. The molecule has 0 spiro atoms. The molecule has 1 heterocycles. The van der Waals surface area contributed by atoms with Crippen molar-refractivity contribution >= 4 is 29.8 Å². The lowest BCUT2D eigenvalue weighted by molar-refractivity contribution is -0.253. The molecule has 0 unspecified atom stereocenters. The van der Waals surface area contributed by atoms with Crippen molar-refractivity contribution in [1.82, 2.24) is 0 Å². The summed E-state index contributed by atoms with van der Waals surface area (Å²) < 4.78 is 31.4. The van der Waals surface area contributed by atoms with Gasteiger partial charge in [0, 0.05) is 32.6 Å². The van der Waals surface area contributed by atoms with E-state index in [0.717, 1.165) is 34.8 Å². The fraction of sp³-hybridized carbons (Fsp3) is 0.737. The minimum atomic E-state index is -1.31. The minimum absolute atomic E-state index is 0.0299. The van der Waals surface area contributed by atoms with Crippen molar-refractivity contribution in [1.29, 1.82) is 0 Å². The summed E-state index contributed by atoms with van der Waals surface area (Å²) in [5.74, 6) is -3.69. The summed E-state index contributed by atoms with van der Waals surface area (Å²) in [6, 6.07) is -1.20. The topological polar surface area (TPSA) is 189 Å². The molecule has 0 bridgehead atoms. The van der Waals surface area contributed by atoms with Crippen molar-refractivity contribution < 1.29 is 52.4 Å². The molecule has 1 rings (SSSR count). The molecule has 0 aromatic rings. The van der Waals surface area contributed by atoms with Crippen molar-refractivity contribution in [2.75, 3.05) is 13.7 Å². The number of methoxy groups -OCH3 is 1. The fourth-order valence-electron chi connectivity index (χ4n) is 3.29. The van der Waals surface area contributed by atoms with Crippen LogP contribution in [0.25, 0.3) is 10.4 Å². The van der Waals surface area contributed by atoms with Gasteiger partial charge in [-0.25, -0.2) is 0 Å². The Kier molecular flexibility index (Phi) is 11.1. The predicted molar refractivity (Wildman–Crippen MR) is 106 cm³/mol. The van der Waals surface area contributed by atoms with Crippen LogP contribution in [-0.2, 0) is 52.4 Å². The van der Waals surface area contributed by atoms with Crippen LogP contribution in [0.5, 0.6) is 0 Å². The summed E-state index contributed by atoms with van der Waals surface area (Å²) in [6.07, 6.45) is -6.08. The third kappa shape index (κ3) is 8.94. The Labute approximate surface area is 189 Å². The Hall–Kier alpha value is -3.38. The molecule has 14 heteroatoms. The average molecular weight is 473 g/mol. The van der Waals surface area contributed by atoms with E-state index < -0.39 is 66.4 Å². The van der Waals surface area contributed by atoms with E-state index in [1.807, 2.05) is 0 Å². The molecule has 0 N–H and O–H groups in total. The highest BCUT2D eigenvalue weighted by molar-refractivity contribution is 5.75. The Morgan fingerprint density at radius 3 is 1.85 bits per heavy atom. The first-order valence-electron chi connectivity index (χ1n) is 9.92. The van der Waals surface area contributed by atoms with Crippen molar-refractivity contribution in [2.24, 2.45) is 5.11 Å². The second-order valence-corrected chi connectivity index (χ2v) is 7.06. The molecule has 0 aliphatic carbocycles. The molecule has 6 atom stereocenters. The van der Waals surface area contributed by atoms with E-state index >= 15 is 0 Å². The highest BCUT2D eigenvalue weighted by atomic mass is 16.7. The van der Waals surface area contributed by atoms with Crippen molar-refractivity contribution in [3.63, 3.8) is 0 Å². The molecular formula is C19H27N3O11. The van der Waals surface area contributed by atoms with Crippen LogP contribution >= 0.6 is 0 Å². The molecule has 0 aromatic carbocycles. The maximum atomic E-state index is 11.9. The van der Waals surface area contributed by atoms with E-state index in [1.54, 1.807) is 0 Å². The second-order valence-electron chi connectivity index (χ2n) is 7.06. The highest BCUT2D eigenvalue weighted by Crippen LogP contribution is 2.31. The summed E-state index contributed by atoms with van der Waals surface area (Å²) in [5, 5.41) is 3.38. The zero-order chi connectivity index (χ0) is 25.1. The molecule has 1 aliphatic heterocycles. The van der Waals surface area contributed by atoms with Crippen LogP contribution in [0.1, 0.15) is 40.5 Å². The van der Waals surface area contributed by atoms with Crippen molar-refractivity contribution in [3.05, 3.63) is 10.4 Å². The summed E-state index contributed by atoms with van der Waals surface area (Å²) in [7, 11) is 1.12. The lowest BCUT2D eigenvalue weighted by Gasteiger charge is -2.44. The molecule has 14 nitrogen and oxygen atoms in total. The Morgan fingerprint density at radius 1 is 0.879 bits per heavy atom. The van der Waals surface area contributed by atoms with E-state index in [4.69, 9.17) is 29.2 Å². The standard InChI is InChI=1S/C19H27N3O11/c1-9(23)29-8-15-17(31-11(3)25)18(32-12(4)26)16(30-10(2)24)14(33-15)7-6-13(21-22-20)19(27)28-5/h13-18H,6-8H2,1-5H3/t13-,14-,15+,16-,17+,18+/m0/s1. The molecule has 0 radical (unpaired) electrons. The molecule has 1 saturated heterocycles. The smallest absolute Gasteiger partial charge is 0.314 e. The molecular weight excluding hydrogens is 446 g/mol. The van der Waals surface area contributed by atoms with Crippen LogP contribution in [0.2, 0.25) is 0 Å². The summed E-state index contributed by atoms with van der Waals surface area (Å²) in [5.41, 5.74) is 8.71. The fourth-order valence-corrected chi connectivity index (χ4v) is 3.29. The van der Waals surface area contributed by atoms with Crippen LogP contribution in [-0.4, -0.2) is 80.1 Å². The molecule has 0 aromatic heterocycles. The maximum absolute atomic E-state index is 11.9. The van der Waals surface area contributed by atoms with Gasteiger partial charge in [0.1, 0.15) is 18.8 Å². The van der Waals surface area contributed by atoms with E-state index in [0.29, 0.717) is 0 Å². The Balaban J connectivity index is 3.33. The monoisotopic (exact) mass is 473 g/mol. The number of hydrogen-bond acceptors (Lipinski definition) is 12. The summed E-state index contributed by atoms with van der Waals surface area (Å²) in [6.45, 7) is 4.13. The number of carbonyl (C=O) groups is 5. The Bertz CT molecular complexity index is 796. The van der Waals surface area contributed by atoms with Gasteiger partial charge >= 0.3 is 29.8 Å². The SMILES string of the molecule is COC(=O)[C@H](CC[C@@H]1O[C@H](COC(C)=O)[C@@H](OC(C)=O)[C@H](OC(C)=O)[C@H]1OC(C)=O)N=[N+]=[N-]. The van der Waals surface area contributed by atoms with Crippen LogP contribution in [0, 0.1) is 0 Å². The first-order valence-corrected chi connectivity index (χ1v) is 9.92. The minimum Gasteiger partial charge on any atom is -0.469 e. The number of azide groups is 1. The van der Waals surface area contributed by atoms with Crippen molar-refractivity contribution in [2.45, 2.75) is 77.1 Å². The predicted octanol–water partition coefficient (Wildman–Crippen LogP) is 0.744. The lowest BCUT2D eigenvalue weighted by atomic mass is 9.91. The van der Waals surface area contributed by atoms with Crippen LogP contribution in [0.3, 0.4) is 0 Å². The van der Waals surface area contributed by atoms with Gasteiger partial charge in [-0.3, -0.25) is 24.0 Å². The number of nitrogens with zero attached hydrogens (tertiary/aromatic N) is 3. The number of rotatable bonds is 10. The number of carbonyl (C=O) groups excluding carboxylic acids is 5. The first-order chi connectivity index (χ1) is 15.5. The quantitative estimate of drug-likeness (QED) is 0.143. The van der Waals surface area contributed by atoms with E-state index in [2.05, 4.69) is 14.8 Å². The molecule has 1 aliphatic rings. The van der Waals surface area contributed by atoms with E-state index in [-0.39, 0.29) is 19.4 Å². The summed E-state index contributed by atoms with van der Waals surface area (Å²) in [4.78, 5) is 61.1. The van der Waals surface area contributed by atoms with Gasteiger partial charge in [0.15, 0.2) is 18.3 Å². The average Bonchev–Trinajstić information content (AvgIpc) is 2.71. The van der Waals surface area contributed by atoms with Gasteiger partial charge in [0.25, 0.3) is 0 Å². The zero-order valence-corrected chi connectivity index (χ0v) is 18.9. The molecule has 0 amide bonds. The van der Waals surface area contributed by atoms with Crippen molar-refractivity contribution in [3.8, 4) is 0 Å². The molecule has 184 valence electrons. The Morgan fingerprint density at radius 2 is 1.39 bits per heavy atom. The third-order valence-electron chi connectivity index (χ3n) is 4.48. The summed E-state index contributed by atoms with van der Waals surface area (Å²) >= 11 is 0. The molecule has 0 saturated carbocycles. The first kappa shape index (κ1) is 27.7. The van der Waals surface area contributed by atoms with Gasteiger partial charge in [0.2, 0.25) is 0 Å². The third-order valence-corrected chi connectivity index (χ3v) is 4.48. The van der Waals surface area contributed by atoms with Gasteiger partial charge in [-0.15, -0.1) is 0 Å². The van der Waals surface area contributed by atoms with Gasteiger partial charge in [-0.1, -0.05) is 5.11 Å². The number of esters is 5. The lowest BCUT2D eigenvalue weighted by Crippen LogP contribution is -2.62. The van der Waals surface area contributed by atoms with Gasteiger partial charge in [-0.2, -0.15) is 0 Å². The normalized spacial score (nSPS) is 24.9. The van der Waals surface area contributed by atoms with Gasteiger partial charge in [0.05, 0.1) is 13.2 Å². The largest absolute Gasteiger partial charge is 0.469 e. The van der Waals surface area contributed by atoms with E-state index in [9.17, 15) is 24.0 Å². The van der Waals surface area contributed by atoms with Crippen LogP contribution in [0.15, 0.2) is 5.11 Å². The second kappa shape index (κ2) is 13.2. The van der Waals surface area contributed by atoms with Gasteiger partial charge < -0.3 is 28.4 Å². The molecule has 1 fully saturated rings. The van der Waals surface area contributed by atoms with Gasteiger partial charge in [-0.05, 0) is 18.4 Å². The molecule has 33 heavy (non-hydrogen) atoms. The van der Waals surface area contributed by atoms with Crippen LogP contribution < -0.4 is 0 Å². The van der Waals surface area contributed by atoms with E-state index in [1.165, 1.54) is 0 Å².